The van der Waals surface area contributed by atoms with Crippen molar-refractivity contribution in [1.29, 1.82) is 5.26 Å². The van der Waals surface area contributed by atoms with Crippen LogP contribution in [0, 0.1) is 18.3 Å². The summed E-state index contributed by atoms with van der Waals surface area (Å²) in [5.74, 6) is 0. The summed E-state index contributed by atoms with van der Waals surface area (Å²) in [5.41, 5.74) is 2.65. The monoisotopic (exact) mass is 202 g/mol. The molecule has 0 aromatic heterocycles. The normalized spacial score (nSPS) is 10.3. The third-order valence-electron chi connectivity index (χ3n) is 2.36. The molecule has 0 radical (unpaired) electrons. The number of hydrogen-bond acceptors (Lipinski definition) is 2. The molecule has 0 fully saturated rings. The van der Waals surface area contributed by atoms with Crippen molar-refractivity contribution in [2.45, 2.75) is 26.3 Å². The van der Waals surface area contributed by atoms with Gasteiger partial charge in [0.2, 0.25) is 0 Å². The number of rotatable bonds is 5. The maximum absolute atomic E-state index is 8.44. The average Bonchev–Trinajstić information content (AvgIpc) is 2.18. The van der Waals surface area contributed by atoms with Gasteiger partial charge in [0, 0.05) is 13.0 Å². The van der Waals surface area contributed by atoms with E-state index in [1.54, 1.807) is 0 Å². The molecule has 0 saturated heterocycles. The zero-order valence-corrected chi connectivity index (χ0v) is 9.53. The molecular weight excluding hydrogens is 184 g/mol. The molecule has 15 heavy (non-hydrogen) atoms. The fourth-order valence-corrected chi connectivity index (χ4v) is 1.63. The zero-order chi connectivity index (χ0) is 11.1. The van der Waals surface area contributed by atoms with Crippen molar-refractivity contribution in [2.75, 3.05) is 13.6 Å². The lowest BCUT2D eigenvalue weighted by Crippen LogP contribution is -2.18. The van der Waals surface area contributed by atoms with Crippen molar-refractivity contribution >= 4 is 0 Å². The van der Waals surface area contributed by atoms with Gasteiger partial charge >= 0.3 is 0 Å². The highest BCUT2D eigenvalue weighted by molar-refractivity contribution is 5.21. The summed E-state index contributed by atoms with van der Waals surface area (Å²) in [6.45, 7) is 4.06. The number of hydrogen-bond donors (Lipinski definition) is 0. The molecule has 0 aliphatic heterocycles. The Hall–Kier alpha value is -1.33. The second-order valence-corrected chi connectivity index (χ2v) is 3.99. The Morgan fingerprint density at radius 2 is 2.20 bits per heavy atom. The van der Waals surface area contributed by atoms with E-state index in [9.17, 15) is 0 Å². The van der Waals surface area contributed by atoms with E-state index in [1.807, 2.05) is 0 Å². The lowest BCUT2D eigenvalue weighted by atomic mass is 10.1. The molecule has 0 aliphatic carbocycles. The van der Waals surface area contributed by atoms with Crippen LogP contribution in [0.1, 0.15) is 24.0 Å². The molecule has 0 atom stereocenters. The molecule has 2 heteroatoms. The average molecular weight is 202 g/mol. The molecule has 1 aromatic carbocycles. The standard InChI is InChI=1S/C13H18N2/c1-12-6-5-7-13(10-12)11-15(2)9-4-3-8-14/h5-7,10H,3-4,9,11H2,1-2H3. The highest BCUT2D eigenvalue weighted by atomic mass is 15.1. The number of nitrogens with zero attached hydrogens (tertiary/aromatic N) is 2. The van der Waals surface area contributed by atoms with Gasteiger partial charge in [-0.1, -0.05) is 29.8 Å². The van der Waals surface area contributed by atoms with Crippen LogP contribution in [0.3, 0.4) is 0 Å². The van der Waals surface area contributed by atoms with E-state index in [0.717, 1.165) is 19.5 Å². The Balaban J connectivity index is 2.38. The molecule has 0 saturated carbocycles. The summed E-state index contributed by atoms with van der Waals surface area (Å²) >= 11 is 0. The van der Waals surface area contributed by atoms with Crippen LogP contribution in [0.15, 0.2) is 24.3 Å². The van der Waals surface area contributed by atoms with Gasteiger partial charge in [-0.05, 0) is 32.5 Å². The Morgan fingerprint density at radius 3 is 2.87 bits per heavy atom. The minimum atomic E-state index is 0.651. The second kappa shape index (κ2) is 6.21. The van der Waals surface area contributed by atoms with E-state index in [4.69, 9.17) is 5.26 Å². The summed E-state index contributed by atoms with van der Waals surface area (Å²) in [5, 5.41) is 8.44. The third-order valence-corrected chi connectivity index (χ3v) is 2.36. The molecule has 0 N–H and O–H groups in total. The molecule has 2 nitrogen and oxygen atoms in total. The fraction of sp³-hybridized carbons (Fsp3) is 0.462. The predicted molar refractivity (Wildman–Crippen MR) is 62.4 cm³/mol. The molecule has 1 rings (SSSR count). The van der Waals surface area contributed by atoms with Crippen LogP contribution in [-0.4, -0.2) is 18.5 Å². The second-order valence-electron chi connectivity index (χ2n) is 3.99. The van der Waals surface area contributed by atoms with Crippen LogP contribution in [0.2, 0.25) is 0 Å². The molecule has 0 spiro atoms. The summed E-state index contributed by atoms with van der Waals surface area (Å²) < 4.78 is 0. The van der Waals surface area contributed by atoms with E-state index >= 15 is 0 Å². The maximum atomic E-state index is 8.44. The molecule has 0 aliphatic rings. The quantitative estimate of drug-likeness (QED) is 0.686. The molecule has 0 unspecified atom stereocenters. The third kappa shape index (κ3) is 4.62. The van der Waals surface area contributed by atoms with Crippen LogP contribution >= 0.6 is 0 Å². The minimum Gasteiger partial charge on any atom is -0.302 e. The number of benzene rings is 1. The Labute approximate surface area is 92.1 Å². The van der Waals surface area contributed by atoms with Crippen LogP contribution in [0.5, 0.6) is 0 Å². The smallest absolute Gasteiger partial charge is 0.0622 e. The van der Waals surface area contributed by atoms with E-state index < -0.39 is 0 Å². The Kier molecular flexibility index (Phi) is 4.86. The van der Waals surface area contributed by atoms with E-state index in [0.29, 0.717) is 6.42 Å². The summed E-state index contributed by atoms with van der Waals surface area (Å²) in [4.78, 5) is 2.26. The zero-order valence-electron chi connectivity index (χ0n) is 9.53. The van der Waals surface area contributed by atoms with Gasteiger partial charge in [0.1, 0.15) is 0 Å². The van der Waals surface area contributed by atoms with Crippen molar-refractivity contribution < 1.29 is 0 Å². The van der Waals surface area contributed by atoms with Crippen molar-refractivity contribution in [3.05, 3.63) is 35.4 Å². The molecule has 0 bridgehead atoms. The lowest BCUT2D eigenvalue weighted by Gasteiger charge is -2.15. The number of aryl methyl sites for hydroxylation is 1. The van der Waals surface area contributed by atoms with Crippen LogP contribution in [0.25, 0.3) is 0 Å². The van der Waals surface area contributed by atoms with Crippen molar-refractivity contribution in [2.24, 2.45) is 0 Å². The van der Waals surface area contributed by atoms with Crippen LogP contribution in [-0.2, 0) is 6.54 Å². The van der Waals surface area contributed by atoms with E-state index in [-0.39, 0.29) is 0 Å². The Bertz CT molecular complexity index is 339. The molecule has 0 amide bonds. The fourth-order valence-electron chi connectivity index (χ4n) is 1.63. The van der Waals surface area contributed by atoms with Gasteiger partial charge in [-0.2, -0.15) is 5.26 Å². The highest BCUT2D eigenvalue weighted by Crippen LogP contribution is 2.06. The highest BCUT2D eigenvalue weighted by Gasteiger charge is 1.99. The minimum absolute atomic E-state index is 0.651. The molecule has 1 aromatic rings. The maximum Gasteiger partial charge on any atom is 0.0622 e. The Morgan fingerprint density at radius 1 is 1.40 bits per heavy atom. The summed E-state index contributed by atoms with van der Waals surface area (Å²) in [7, 11) is 2.10. The first kappa shape index (κ1) is 11.7. The molecular formula is C13H18N2. The van der Waals surface area contributed by atoms with Gasteiger partial charge in [0.05, 0.1) is 6.07 Å². The summed E-state index contributed by atoms with van der Waals surface area (Å²) in [6.07, 6.45) is 1.61. The molecule has 80 valence electrons. The van der Waals surface area contributed by atoms with Gasteiger partial charge in [-0.25, -0.2) is 0 Å². The van der Waals surface area contributed by atoms with Gasteiger partial charge in [0.15, 0.2) is 0 Å². The van der Waals surface area contributed by atoms with Crippen molar-refractivity contribution in [1.82, 2.24) is 4.90 Å². The van der Waals surface area contributed by atoms with E-state index in [2.05, 4.69) is 49.2 Å². The van der Waals surface area contributed by atoms with Crippen molar-refractivity contribution in [3.63, 3.8) is 0 Å². The first-order valence-corrected chi connectivity index (χ1v) is 5.33. The van der Waals surface area contributed by atoms with Gasteiger partial charge in [-0.3, -0.25) is 0 Å². The van der Waals surface area contributed by atoms with Gasteiger partial charge in [0.25, 0.3) is 0 Å². The summed E-state index contributed by atoms with van der Waals surface area (Å²) in [6, 6.07) is 10.7. The SMILES string of the molecule is Cc1cccc(CN(C)CCCC#N)c1. The van der Waals surface area contributed by atoms with Crippen LogP contribution in [0.4, 0.5) is 0 Å². The largest absolute Gasteiger partial charge is 0.302 e. The predicted octanol–water partition coefficient (Wildman–Crippen LogP) is 2.73. The first-order chi connectivity index (χ1) is 7.22. The van der Waals surface area contributed by atoms with Gasteiger partial charge < -0.3 is 4.90 Å². The topological polar surface area (TPSA) is 27.0 Å². The van der Waals surface area contributed by atoms with Crippen LogP contribution < -0.4 is 0 Å². The lowest BCUT2D eigenvalue weighted by molar-refractivity contribution is 0.323. The number of unbranched alkanes of at least 4 members (excludes halogenated alkanes) is 1. The first-order valence-electron chi connectivity index (χ1n) is 5.33. The van der Waals surface area contributed by atoms with E-state index in [1.165, 1.54) is 11.1 Å². The number of nitriles is 1. The molecule has 0 heterocycles. The van der Waals surface area contributed by atoms with Crippen molar-refractivity contribution in [3.8, 4) is 6.07 Å². The van der Waals surface area contributed by atoms with Gasteiger partial charge in [-0.15, -0.1) is 0 Å².